The Morgan fingerprint density at radius 1 is 1.04 bits per heavy atom. The van der Waals surface area contributed by atoms with Crippen molar-refractivity contribution in [3.63, 3.8) is 0 Å². The van der Waals surface area contributed by atoms with Gasteiger partial charge in [-0.3, -0.25) is 19.3 Å². The summed E-state index contributed by atoms with van der Waals surface area (Å²) in [5.41, 5.74) is -0.830. The Morgan fingerprint density at radius 2 is 1.57 bits per heavy atom. The normalized spacial score (nSPS) is 20.3. The number of rotatable bonds is 6. The van der Waals surface area contributed by atoms with Crippen LogP contribution in [0.3, 0.4) is 0 Å². The lowest BCUT2D eigenvalue weighted by atomic mass is 9.81. The van der Waals surface area contributed by atoms with E-state index >= 15 is 0 Å². The predicted molar refractivity (Wildman–Crippen MR) is 103 cm³/mol. The molecule has 2 aliphatic rings. The predicted octanol–water partition coefficient (Wildman–Crippen LogP) is 2.16. The van der Waals surface area contributed by atoms with Gasteiger partial charge >= 0.3 is 12.0 Å². The molecule has 1 saturated carbocycles. The minimum atomic E-state index is -0.980. The van der Waals surface area contributed by atoms with Crippen LogP contribution < -0.4 is 0 Å². The number of hydrogen-bond donors (Lipinski definition) is 0. The summed E-state index contributed by atoms with van der Waals surface area (Å²) in [7, 11) is 1.62. The van der Waals surface area contributed by atoms with Gasteiger partial charge in [-0.2, -0.15) is 0 Å². The first kappa shape index (κ1) is 22.2. The molecular formula is C20H33N3O5. The zero-order valence-corrected chi connectivity index (χ0v) is 17.9. The molecule has 1 unspecified atom stereocenters. The molecule has 158 valence electrons. The second-order valence-corrected chi connectivity index (χ2v) is 8.39. The molecule has 8 heteroatoms. The number of likely N-dealkylation sites (N-methyl/N-ethyl adjacent to an activating group) is 1. The van der Waals surface area contributed by atoms with E-state index in [1.54, 1.807) is 11.9 Å². The number of ether oxygens (including phenoxy) is 1. The van der Waals surface area contributed by atoms with Crippen LogP contribution in [-0.4, -0.2) is 75.8 Å². The van der Waals surface area contributed by atoms with E-state index in [4.69, 9.17) is 4.74 Å². The van der Waals surface area contributed by atoms with Crippen LogP contribution in [0.1, 0.15) is 66.7 Å². The van der Waals surface area contributed by atoms with Crippen molar-refractivity contribution in [3.8, 4) is 0 Å². The first-order chi connectivity index (χ1) is 13.0. The smallest absolute Gasteiger partial charge is 0.327 e. The van der Waals surface area contributed by atoms with Gasteiger partial charge in [0.05, 0.1) is 0 Å². The van der Waals surface area contributed by atoms with Crippen molar-refractivity contribution in [2.24, 2.45) is 0 Å². The fourth-order valence-electron chi connectivity index (χ4n) is 4.40. The van der Waals surface area contributed by atoms with E-state index in [0.717, 1.165) is 24.2 Å². The lowest BCUT2D eigenvalue weighted by Gasteiger charge is -2.35. The van der Waals surface area contributed by atoms with Crippen LogP contribution in [0.2, 0.25) is 0 Å². The van der Waals surface area contributed by atoms with Crippen molar-refractivity contribution in [3.05, 3.63) is 0 Å². The number of amides is 4. The average molecular weight is 396 g/mol. The third-order valence-electron chi connectivity index (χ3n) is 5.79. The van der Waals surface area contributed by atoms with Crippen molar-refractivity contribution >= 4 is 23.8 Å². The van der Waals surface area contributed by atoms with Crippen LogP contribution in [0, 0.1) is 0 Å². The van der Waals surface area contributed by atoms with Crippen LogP contribution >= 0.6 is 0 Å². The van der Waals surface area contributed by atoms with E-state index in [1.165, 1.54) is 11.8 Å². The lowest BCUT2D eigenvalue weighted by Crippen LogP contribution is -2.49. The van der Waals surface area contributed by atoms with E-state index in [0.29, 0.717) is 12.8 Å². The Kier molecular flexibility index (Phi) is 6.72. The topological polar surface area (TPSA) is 87.2 Å². The quantitative estimate of drug-likeness (QED) is 0.508. The minimum absolute atomic E-state index is 0.0322. The van der Waals surface area contributed by atoms with Gasteiger partial charge in [-0.25, -0.2) is 4.79 Å². The Morgan fingerprint density at radius 3 is 2.07 bits per heavy atom. The molecular weight excluding hydrogens is 362 g/mol. The number of hydrogen-bond acceptors (Lipinski definition) is 5. The molecule has 1 spiro atoms. The number of urea groups is 1. The Balaban J connectivity index is 2.03. The van der Waals surface area contributed by atoms with Gasteiger partial charge < -0.3 is 14.5 Å². The maximum absolute atomic E-state index is 12.9. The molecule has 1 aliphatic carbocycles. The SMILES string of the molecule is CC(OC(=O)CN1C(=O)N(C)C2(CCCCC2)C1=O)C(=O)N(C(C)C)C(C)C. The molecule has 1 saturated heterocycles. The molecule has 1 atom stereocenters. The first-order valence-corrected chi connectivity index (χ1v) is 10.1. The molecule has 0 aromatic heterocycles. The summed E-state index contributed by atoms with van der Waals surface area (Å²) < 4.78 is 5.27. The zero-order chi connectivity index (χ0) is 21.2. The minimum Gasteiger partial charge on any atom is -0.451 e. The molecule has 28 heavy (non-hydrogen) atoms. The molecule has 0 radical (unpaired) electrons. The van der Waals surface area contributed by atoms with Crippen molar-refractivity contribution in [1.82, 2.24) is 14.7 Å². The van der Waals surface area contributed by atoms with Gasteiger partial charge in [-0.15, -0.1) is 0 Å². The summed E-state index contributed by atoms with van der Waals surface area (Å²) in [5, 5.41) is 0. The number of carbonyl (C=O) groups excluding carboxylic acids is 4. The van der Waals surface area contributed by atoms with Crippen LogP contribution in [0.4, 0.5) is 4.79 Å². The standard InChI is InChI=1S/C20H33N3O5/c1-13(2)23(14(3)4)17(25)15(5)28-16(24)12-22-18(26)20(21(6)19(22)27)10-8-7-9-11-20/h13-15H,7-12H2,1-6H3. The zero-order valence-electron chi connectivity index (χ0n) is 17.9. The molecule has 0 aromatic rings. The summed E-state index contributed by atoms with van der Waals surface area (Å²) in [6.07, 6.45) is 3.06. The van der Waals surface area contributed by atoms with Crippen LogP contribution in [-0.2, 0) is 19.1 Å². The summed E-state index contributed by atoms with van der Waals surface area (Å²) in [6, 6.07) is -0.542. The number of nitrogens with zero attached hydrogens (tertiary/aromatic N) is 3. The lowest BCUT2D eigenvalue weighted by molar-refractivity contribution is -0.162. The van der Waals surface area contributed by atoms with Gasteiger partial charge in [0.1, 0.15) is 12.1 Å². The molecule has 0 N–H and O–H groups in total. The first-order valence-electron chi connectivity index (χ1n) is 10.1. The van der Waals surface area contributed by atoms with Gasteiger partial charge in [0, 0.05) is 19.1 Å². The van der Waals surface area contributed by atoms with Gasteiger partial charge in [0.15, 0.2) is 6.10 Å². The van der Waals surface area contributed by atoms with Crippen molar-refractivity contribution in [2.75, 3.05) is 13.6 Å². The van der Waals surface area contributed by atoms with Gasteiger partial charge in [0.25, 0.3) is 11.8 Å². The highest BCUT2D eigenvalue weighted by Gasteiger charge is 2.56. The van der Waals surface area contributed by atoms with Gasteiger partial charge in [-0.05, 0) is 47.5 Å². The summed E-state index contributed by atoms with van der Waals surface area (Å²) in [4.78, 5) is 54.6. The van der Waals surface area contributed by atoms with Crippen LogP contribution in [0.15, 0.2) is 0 Å². The van der Waals surface area contributed by atoms with Gasteiger partial charge in [0.2, 0.25) is 0 Å². The largest absolute Gasteiger partial charge is 0.451 e. The molecule has 2 fully saturated rings. The highest BCUT2D eigenvalue weighted by atomic mass is 16.5. The van der Waals surface area contributed by atoms with Crippen molar-refractivity contribution < 1.29 is 23.9 Å². The highest BCUT2D eigenvalue weighted by Crippen LogP contribution is 2.39. The molecule has 1 aliphatic heterocycles. The van der Waals surface area contributed by atoms with Crippen molar-refractivity contribution in [2.45, 2.75) is 90.4 Å². The fourth-order valence-corrected chi connectivity index (χ4v) is 4.40. The number of imide groups is 1. The summed E-state index contributed by atoms with van der Waals surface area (Å²) >= 11 is 0. The van der Waals surface area contributed by atoms with E-state index in [-0.39, 0.29) is 23.9 Å². The van der Waals surface area contributed by atoms with Crippen molar-refractivity contribution in [1.29, 1.82) is 0 Å². The molecule has 1 heterocycles. The maximum Gasteiger partial charge on any atom is 0.327 e. The summed E-state index contributed by atoms with van der Waals surface area (Å²) in [6.45, 7) is 8.63. The van der Waals surface area contributed by atoms with Gasteiger partial charge in [-0.1, -0.05) is 19.3 Å². The Hall–Kier alpha value is -2.12. The number of carbonyl (C=O) groups is 4. The second kappa shape index (κ2) is 8.49. The van der Waals surface area contributed by atoms with E-state index < -0.39 is 30.2 Å². The third kappa shape index (κ3) is 4.00. The Bertz CT molecular complexity index is 632. The molecule has 0 bridgehead atoms. The van der Waals surface area contributed by atoms with E-state index in [1.807, 2.05) is 27.7 Å². The van der Waals surface area contributed by atoms with E-state index in [9.17, 15) is 19.2 Å². The molecule has 4 amide bonds. The molecule has 0 aromatic carbocycles. The number of esters is 1. The fraction of sp³-hybridized carbons (Fsp3) is 0.800. The summed E-state index contributed by atoms with van der Waals surface area (Å²) in [5.74, 6) is -1.38. The van der Waals surface area contributed by atoms with Crippen LogP contribution in [0.25, 0.3) is 0 Å². The second-order valence-electron chi connectivity index (χ2n) is 8.39. The highest BCUT2D eigenvalue weighted by molar-refractivity contribution is 6.08. The average Bonchev–Trinajstić information content (AvgIpc) is 2.78. The molecule has 2 rings (SSSR count). The van der Waals surface area contributed by atoms with Crippen LogP contribution in [0.5, 0.6) is 0 Å². The Labute approximate surface area is 167 Å². The molecule has 8 nitrogen and oxygen atoms in total. The maximum atomic E-state index is 12.9. The van der Waals surface area contributed by atoms with E-state index in [2.05, 4.69) is 0 Å². The monoisotopic (exact) mass is 395 g/mol. The third-order valence-corrected chi connectivity index (χ3v) is 5.79.